The van der Waals surface area contributed by atoms with Gasteiger partial charge in [-0.2, -0.15) is 0 Å². The maximum absolute atomic E-state index is 13.8. The summed E-state index contributed by atoms with van der Waals surface area (Å²) in [4.78, 5) is 47.6. The van der Waals surface area contributed by atoms with Crippen molar-refractivity contribution in [1.82, 2.24) is 19.0 Å². The van der Waals surface area contributed by atoms with Crippen LogP contribution in [0.15, 0.2) is 50.7 Å². The Labute approximate surface area is 246 Å². The number of amides is 1. The van der Waals surface area contributed by atoms with Gasteiger partial charge in [0.15, 0.2) is 0 Å². The summed E-state index contributed by atoms with van der Waals surface area (Å²) < 4.78 is 18.7. The van der Waals surface area contributed by atoms with Crippen LogP contribution in [0.25, 0.3) is 21.0 Å². The van der Waals surface area contributed by atoms with Gasteiger partial charge in [-0.25, -0.2) is 14.3 Å². The number of rotatable bonds is 6. The summed E-state index contributed by atoms with van der Waals surface area (Å²) in [5.74, 6) is 0.913. The van der Waals surface area contributed by atoms with E-state index in [1.165, 1.54) is 17.6 Å². The molecule has 0 spiro atoms. The summed E-state index contributed by atoms with van der Waals surface area (Å²) in [6, 6.07) is 6.82. The topological polar surface area (TPSA) is 129 Å². The Balaban J connectivity index is 0.000000442. The second-order valence-corrected chi connectivity index (χ2v) is 11.5. The molecule has 4 aromatic rings. The van der Waals surface area contributed by atoms with Crippen LogP contribution in [0.5, 0.6) is 5.75 Å². The minimum atomic E-state index is -0.819. The monoisotopic (exact) mass is 596 g/mol. The zero-order valence-electron chi connectivity index (χ0n) is 24.1. The van der Waals surface area contributed by atoms with E-state index in [-0.39, 0.29) is 12.0 Å². The summed E-state index contributed by atoms with van der Waals surface area (Å²) in [6.07, 6.45) is 6.26. The van der Waals surface area contributed by atoms with Crippen molar-refractivity contribution in [2.24, 2.45) is 0 Å². The number of carbonyl (C=O) groups excluding carboxylic acids is 1. The van der Waals surface area contributed by atoms with Gasteiger partial charge in [-0.1, -0.05) is 18.2 Å². The van der Waals surface area contributed by atoms with Crippen molar-refractivity contribution in [2.45, 2.75) is 57.7 Å². The molecule has 2 aliphatic rings. The number of para-hydroxylation sites is 1. The third kappa shape index (κ3) is 5.92. The van der Waals surface area contributed by atoms with Crippen molar-refractivity contribution in [3.05, 3.63) is 68.7 Å². The lowest BCUT2D eigenvalue weighted by Crippen LogP contribution is -2.49. The molecule has 1 N–H and O–H groups in total. The van der Waals surface area contributed by atoms with E-state index in [2.05, 4.69) is 4.98 Å². The fraction of sp³-hybridized carbons (Fsp3) is 0.467. The van der Waals surface area contributed by atoms with Gasteiger partial charge in [-0.05, 0) is 56.2 Å². The first kappa shape index (κ1) is 29.7. The number of hydrogen-bond acceptors (Lipinski definition) is 9. The summed E-state index contributed by atoms with van der Waals surface area (Å²) in [7, 11) is 3.31. The lowest BCUT2D eigenvalue weighted by atomic mass is 10.0. The van der Waals surface area contributed by atoms with Gasteiger partial charge in [0.25, 0.3) is 5.56 Å². The molecule has 2 saturated heterocycles. The summed E-state index contributed by atoms with van der Waals surface area (Å²) >= 11 is 1.31. The standard InChI is InChI=1S/C25H26N4O5S.C5H10O2/c1-15-19-23(31)29(17-8-6-12-27(2)22(17)30)25(32)28(13-10-16-7-4-5-9-18(16)33-3)24(19)35-20(15)21-26-11-14-34-21;6-5-1-3-7-4-2-5/h4-5,7,9,11,14,17H,6,8,10,12-13H2,1-3H3;5-6H,1-4H2. The number of hydrogen-bond donors (Lipinski definition) is 1. The van der Waals surface area contributed by atoms with Gasteiger partial charge < -0.3 is 23.9 Å². The highest BCUT2D eigenvalue weighted by molar-refractivity contribution is 7.22. The van der Waals surface area contributed by atoms with Gasteiger partial charge in [0.2, 0.25) is 11.8 Å². The lowest BCUT2D eigenvalue weighted by molar-refractivity contribution is -0.136. The minimum Gasteiger partial charge on any atom is -0.496 e. The number of benzene rings is 1. The Morgan fingerprint density at radius 3 is 2.57 bits per heavy atom. The van der Waals surface area contributed by atoms with Crippen LogP contribution >= 0.6 is 11.3 Å². The van der Waals surface area contributed by atoms with Crippen molar-refractivity contribution in [2.75, 3.05) is 33.9 Å². The SMILES string of the molecule is COc1ccccc1CCn1c(=O)n(C2CCCN(C)C2=O)c(=O)c2c(C)c(-c3ncco3)sc21.OC1CCOCC1. The number of methoxy groups -OCH3 is 1. The van der Waals surface area contributed by atoms with Gasteiger partial charge >= 0.3 is 5.69 Å². The average molecular weight is 597 g/mol. The molecular formula is C30H36N4O7S. The molecule has 0 aliphatic carbocycles. The molecule has 1 atom stereocenters. The Hall–Kier alpha value is -3.74. The molecule has 1 aromatic carbocycles. The van der Waals surface area contributed by atoms with Crippen molar-refractivity contribution >= 4 is 27.5 Å². The smallest absolute Gasteiger partial charge is 0.332 e. The molecule has 2 fully saturated rings. The van der Waals surface area contributed by atoms with Crippen molar-refractivity contribution < 1.29 is 23.8 Å². The molecule has 0 radical (unpaired) electrons. The Morgan fingerprint density at radius 1 is 1.14 bits per heavy atom. The van der Waals surface area contributed by atoms with Crippen molar-refractivity contribution in [3.63, 3.8) is 0 Å². The third-order valence-electron chi connectivity index (χ3n) is 7.80. The average Bonchev–Trinajstić information content (AvgIpc) is 3.64. The molecule has 11 nitrogen and oxygen atoms in total. The van der Waals surface area contributed by atoms with Crippen LogP contribution in [0.3, 0.4) is 0 Å². The summed E-state index contributed by atoms with van der Waals surface area (Å²) in [6.45, 7) is 4.23. The molecule has 5 heterocycles. The molecule has 6 rings (SSSR count). The highest BCUT2D eigenvalue weighted by atomic mass is 32.1. The Bertz CT molecular complexity index is 1650. The van der Waals surface area contributed by atoms with Crippen LogP contribution in [0, 0.1) is 6.92 Å². The van der Waals surface area contributed by atoms with E-state index < -0.39 is 17.3 Å². The van der Waals surface area contributed by atoms with E-state index in [1.54, 1.807) is 29.8 Å². The van der Waals surface area contributed by atoms with Gasteiger partial charge in [0, 0.05) is 33.4 Å². The van der Waals surface area contributed by atoms with Crippen LogP contribution in [0.4, 0.5) is 0 Å². The Kier molecular flexibility index (Phi) is 9.24. The fourth-order valence-electron chi connectivity index (χ4n) is 5.45. The van der Waals surface area contributed by atoms with Crippen molar-refractivity contribution in [3.8, 4) is 16.5 Å². The number of likely N-dealkylation sites (N-methyl/N-ethyl adjacent to an activating group) is 1. The Morgan fingerprint density at radius 2 is 1.90 bits per heavy atom. The van der Waals surface area contributed by atoms with Crippen LogP contribution < -0.4 is 16.0 Å². The molecule has 0 bridgehead atoms. The second kappa shape index (κ2) is 13.1. The molecule has 12 heteroatoms. The van der Waals surface area contributed by atoms with E-state index in [0.29, 0.717) is 52.5 Å². The van der Waals surface area contributed by atoms with Crippen LogP contribution in [0.1, 0.15) is 42.9 Å². The first-order valence-electron chi connectivity index (χ1n) is 14.1. The summed E-state index contributed by atoms with van der Waals surface area (Å²) in [5, 5.41) is 9.25. The van der Waals surface area contributed by atoms with Crippen LogP contribution in [-0.2, 0) is 22.5 Å². The second-order valence-electron chi connectivity index (χ2n) is 10.5. The number of oxazole rings is 1. The normalized spacial score (nSPS) is 17.8. The number of nitrogens with zero attached hydrogens (tertiary/aromatic N) is 4. The fourth-order valence-corrected chi connectivity index (χ4v) is 6.71. The highest BCUT2D eigenvalue weighted by Gasteiger charge is 2.33. The van der Waals surface area contributed by atoms with E-state index in [9.17, 15) is 14.4 Å². The van der Waals surface area contributed by atoms with Crippen LogP contribution in [-0.4, -0.2) is 70.1 Å². The zero-order valence-corrected chi connectivity index (χ0v) is 24.9. The first-order valence-corrected chi connectivity index (χ1v) is 14.9. The van der Waals surface area contributed by atoms with E-state index in [0.717, 1.165) is 48.4 Å². The van der Waals surface area contributed by atoms with Gasteiger partial charge in [0.05, 0.1) is 29.7 Å². The lowest BCUT2D eigenvalue weighted by Gasteiger charge is -2.30. The number of aliphatic hydroxyl groups excluding tert-OH is 1. The number of aryl methyl sites for hydroxylation is 3. The molecule has 2 aliphatic heterocycles. The molecule has 1 amide bonds. The quantitative estimate of drug-likeness (QED) is 0.359. The highest BCUT2D eigenvalue weighted by Crippen LogP contribution is 2.36. The minimum absolute atomic E-state index is 0.0891. The zero-order chi connectivity index (χ0) is 29.8. The third-order valence-corrected chi connectivity index (χ3v) is 9.10. The molecule has 3 aromatic heterocycles. The molecule has 42 heavy (non-hydrogen) atoms. The maximum atomic E-state index is 13.8. The number of likely N-dealkylation sites (tertiary alicyclic amines) is 1. The molecule has 1 unspecified atom stereocenters. The van der Waals surface area contributed by atoms with E-state index in [4.69, 9.17) is 19.0 Å². The molecular weight excluding hydrogens is 560 g/mol. The van der Waals surface area contributed by atoms with E-state index in [1.807, 2.05) is 31.2 Å². The van der Waals surface area contributed by atoms with Crippen molar-refractivity contribution in [1.29, 1.82) is 0 Å². The van der Waals surface area contributed by atoms with E-state index >= 15 is 0 Å². The molecule has 0 saturated carbocycles. The predicted molar refractivity (Wildman–Crippen MR) is 159 cm³/mol. The van der Waals surface area contributed by atoms with Gasteiger partial charge in [-0.3, -0.25) is 14.2 Å². The number of thiophene rings is 1. The number of aromatic nitrogens is 3. The van der Waals surface area contributed by atoms with Gasteiger partial charge in [-0.15, -0.1) is 11.3 Å². The van der Waals surface area contributed by atoms with Gasteiger partial charge in [0.1, 0.15) is 22.9 Å². The van der Waals surface area contributed by atoms with Crippen LogP contribution in [0.2, 0.25) is 0 Å². The number of ether oxygens (including phenoxy) is 2. The summed E-state index contributed by atoms with van der Waals surface area (Å²) in [5.41, 5.74) is 0.710. The first-order chi connectivity index (χ1) is 20.3. The number of fused-ring (bicyclic) bond motifs is 1. The maximum Gasteiger partial charge on any atom is 0.332 e. The largest absolute Gasteiger partial charge is 0.496 e. The number of aliphatic hydroxyl groups is 1. The number of carbonyl (C=O) groups is 1. The number of piperidine rings is 1. The molecule has 224 valence electrons. The predicted octanol–water partition coefficient (Wildman–Crippen LogP) is 3.39.